The van der Waals surface area contributed by atoms with Gasteiger partial charge < -0.3 is 11.2 Å². The third-order valence-corrected chi connectivity index (χ3v) is 4.53. The maximum absolute atomic E-state index is 12.9. The van der Waals surface area contributed by atoms with Gasteiger partial charge in [-0.05, 0) is 42.0 Å². The van der Waals surface area contributed by atoms with Gasteiger partial charge in [0, 0.05) is 10.7 Å². The third kappa shape index (κ3) is 5.44. The van der Waals surface area contributed by atoms with Crippen LogP contribution in [0, 0.1) is 5.82 Å². The second kappa shape index (κ2) is 9.20. The number of aromatic nitrogens is 3. The Balaban J connectivity index is 1.52. The van der Waals surface area contributed by atoms with E-state index in [1.807, 2.05) is 6.07 Å². The zero-order chi connectivity index (χ0) is 19.9. The molecular formula is C17H15ClFN7OS. The molecule has 4 N–H and O–H groups in total. The van der Waals surface area contributed by atoms with Gasteiger partial charge in [0.2, 0.25) is 11.1 Å². The molecule has 0 aliphatic carbocycles. The van der Waals surface area contributed by atoms with Crippen LogP contribution in [0.3, 0.4) is 0 Å². The van der Waals surface area contributed by atoms with Gasteiger partial charge >= 0.3 is 0 Å². The SMILES string of the molecule is Nn1c(N/N=C/c2cccc(Cl)c2)nnc1SCC(=O)Nc1ccc(F)cc1. The van der Waals surface area contributed by atoms with Crippen molar-refractivity contribution in [3.05, 3.63) is 64.9 Å². The summed E-state index contributed by atoms with van der Waals surface area (Å²) >= 11 is 7.01. The molecule has 3 rings (SSSR count). The second-order valence-corrected chi connectivity index (χ2v) is 6.82. The molecule has 0 saturated carbocycles. The molecule has 0 aliphatic heterocycles. The lowest BCUT2D eigenvalue weighted by Gasteiger charge is -2.05. The van der Waals surface area contributed by atoms with E-state index in [9.17, 15) is 9.18 Å². The number of hydrogen-bond donors (Lipinski definition) is 3. The monoisotopic (exact) mass is 419 g/mol. The summed E-state index contributed by atoms with van der Waals surface area (Å²) in [7, 11) is 0. The summed E-state index contributed by atoms with van der Waals surface area (Å²) in [6, 6.07) is 12.6. The van der Waals surface area contributed by atoms with E-state index in [1.54, 1.807) is 24.4 Å². The van der Waals surface area contributed by atoms with E-state index in [-0.39, 0.29) is 23.4 Å². The number of anilines is 2. The van der Waals surface area contributed by atoms with Gasteiger partial charge in [0.15, 0.2) is 0 Å². The number of hydrogen-bond acceptors (Lipinski definition) is 7. The fraction of sp³-hybridized carbons (Fsp3) is 0.0588. The fourth-order valence-electron chi connectivity index (χ4n) is 2.06. The Kier molecular flexibility index (Phi) is 6.45. The summed E-state index contributed by atoms with van der Waals surface area (Å²) in [5.74, 6) is 5.51. The van der Waals surface area contributed by atoms with Gasteiger partial charge in [-0.25, -0.2) is 14.5 Å². The highest BCUT2D eigenvalue weighted by Gasteiger charge is 2.12. The molecule has 0 aliphatic rings. The maximum atomic E-state index is 12.9. The molecule has 0 spiro atoms. The van der Waals surface area contributed by atoms with Crippen LogP contribution in [0.15, 0.2) is 58.8 Å². The number of rotatable bonds is 7. The molecule has 28 heavy (non-hydrogen) atoms. The summed E-state index contributed by atoms with van der Waals surface area (Å²) in [5, 5.41) is 15.4. The average molecular weight is 420 g/mol. The van der Waals surface area contributed by atoms with E-state index in [1.165, 1.54) is 28.9 Å². The molecule has 0 radical (unpaired) electrons. The molecule has 1 amide bonds. The van der Waals surface area contributed by atoms with Crippen molar-refractivity contribution < 1.29 is 9.18 Å². The van der Waals surface area contributed by atoms with Gasteiger partial charge in [-0.1, -0.05) is 35.5 Å². The molecule has 1 aromatic heterocycles. The zero-order valence-corrected chi connectivity index (χ0v) is 15.9. The smallest absolute Gasteiger partial charge is 0.264 e. The Bertz CT molecular complexity index is 993. The number of nitrogen functional groups attached to an aromatic ring is 1. The highest BCUT2D eigenvalue weighted by atomic mass is 35.5. The number of hydrazone groups is 1. The van der Waals surface area contributed by atoms with E-state index >= 15 is 0 Å². The first-order valence-electron chi connectivity index (χ1n) is 7.94. The lowest BCUT2D eigenvalue weighted by molar-refractivity contribution is -0.113. The molecule has 1 heterocycles. The van der Waals surface area contributed by atoms with E-state index in [2.05, 4.69) is 26.0 Å². The van der Waals surface area contributed by atoms with Gasteiger partial charge in [0.25, 0.3) is 5.95 Å². The van der Waals surface area contributed by atoms with Gasteiger partial charge in [0.1, 0.15) is 5.82 Å². The van der Waals surface area contributed by atoms with Crippen LogP contribution in [0.25, 0.3) is 0 Å². The highest BCUT2D eigenvalue weighted by molar-refractivity contribution is 7.99. The molecule has 8 nitrogen and oxygen atoms in total. The van der Waals surface area contributed by atoms with Crippen LogP contribution < -0.4 is 16.6 Å². The number of benzene rings is 2. The normalized spacial score (nSPS) is 10.9. The van der Waals surface area contributed by atoms with E-state index < -0.39 is 0 Å². The zero-order valence-electron chi connectivity index (χ0n) is 14.3. The van der Waals surface area contributed by atoms with Crippen LogP contribution in [0.2, 0.25) is 5.02 Å². The topological polar surface area (TPSA) is 110 Å². The Morgan fingerprint density at radius 1 is 1.29 bits per heavy atom. The number of nitrogens with zero attached hydrogens (tertiary/aromatic N) is 4. The number of carbonyl (C=O) groups excluding carboxylic acids is 1. The van der Waals surface area contributed by atoms with Gasteiger partial charge in [0.05, 0.1) is 12.0 Å². The second-order valence-electron chi connectivity index (χ2n) is 5.44. The van der Waals surface area contributed by atoms with Crippen LogP contribution >= 0.6 is 23.4 Å². The molecule has 11 heteroatoms. The Hall–Kier alpha value is -3.11. The third-order valence-electron chi connectivity index (χ3n) is 3.35. The van der Waals surface area contributed by atoms with Gasteiger partial charge in [-0.2, -0.15) is 5.10 Å². The lowest BCUT2D eigenvalue weighted by atomic mass is 10.2. The summed E-state index contributed by atoms with van der Waals surface area (Å²) in [4.78, 5) is 12.0. The van der Waals surface area contributed by atoms with Gasteiger partial charge in [-0.3, -0.25) is 4.79 Å². The molecular weight excluding hydrogens is 405 g/mol. The van der Waals surface area contributed by atoms with Crippen LogP contribution in [-0.4, -0.2) is 32.7 Å². The van der Waals surface area contributed by atoms with Crippen molar-refractivity contribution in [1.29, 1.82) is 0 Å². The van der Waals surface area contributed by atoms with Crippen molar-refractivity contribution in [2.24, 2.45) is 5.10 Å². The van der Waals surface area contributed by atoms with Crippen molar-refractivity contribution in [3.8, 4) is 0 Å². The van der Waals surface area contributed by atoms with Crippen LogP contribution in [0.5, 0.6) is 0 Å². The first kappa shape index (κ1) is 19.6. The fourth-order valence-corrected chi connectivity index (χ4v) is 2.92. The summed E-state index contributed by atoms with van der Waals surface area (Å²) in [6.07, 6.45) is 1.56. The number of nitrogens with two attached hydrogens (primary N) is 1. The van der Waals surface area contributed by atoms with Crippen molar-refractivity contribution in [1.82, 2.24) is 14.9 Å². The van der Waals surface area contributed by atoms with Crippen LogP contribution in [-0.2, 0) is 4.79 Å². The van der Waals surface area contributed by atoms with Crippen LogP contribution in [0.1, 0.15) is 5.56 Å². The number of thioether (sulfide) groups is 1. The van der Waals surface area contributed by atoms with Crippen LogP contribution in [0.4, 0.5) is 16.0 Å². The highest BCUT2D eigenvalue weighted by Crippen LogP contribution is 2.17. The average Bonchev–Trinajstić information content (AvgIpc) is 3.02. The minimum atomic E-state index is -0.373. The van der Waals surface area contributed by atoms with E-state index in [4.69, 9.17) is 17.4 Å². The first-order chi connectivity index (χ1) is 13.5. The molecule has 0 unspecified atom stereocenters. The number of halogens is 2. The Morgan fingerprint density at radius 3 is 2.82 bits per heavy atom. The minimum absolute atomic E-state index is 0.0541. The van der Waals surface area contributed by atoms with Gasteiger partial charge in [-0.15, -0.1) is 10.2 Å². The summed E-state index contributed by atoms with van der Waals surface area (Å²) in [5.41, 5.74) is 3.98. The minimum Gasteiger partial charge on any atom is -0.334 e. The largest absolute Gasteiger partial charge is 0.334 e. The standard InChI is InChI=1S/C17H15ClFN7OS/c18-12-3-1-2-11(8-12)9-21-23-16-24-25-17(26(16)20)28-10-15(27)22-14-6-4-13(19)5-7-14/h1-9H,10,20H2,(H,22,27)(H,23,24)/b21-9+. The maximum Gasteiger partial charge on any atom is 0.264 e. The number of nitrogens with one attached hydrogen (secondary N) is 2. The first-order valence-corrected chi connectivity index (χ1v) is 9.31. The van der Waals surface area contributed by atoms with Crippen molar-refractivity contribution >= 4 is 47.1 Å². The summed E-state index contributed by atoms with van der Waals surface area (Å²) < 4.78 is 14.1. The predicted molar refractivity (Wildman–Crippen MR) is 109 cm³/mol. The van der Waals surface area contributed by atoms with E-state index in [0.29, 0.717) is 15.9 Å². The quantitative estimate of drug-likeness (QED) is 0.235. The molecule has 3 aromatic rings. The number of amides is 1. The van der Waals surface area contributed by atoms with Crippen molar-refractivity contribution in [3.63, 3.8) is 0 Å². The predicted octanol–water partition coefficient (Wildman–Crippen LogP) is 2.96. The molecule has 0 bridgehead atoms. The lowest BCUT2D eigenvalue weighted by Crippen LogP contribution is -2.16. The molecule has 0 fully saturated rings. The van der Waals surface area contributed by atoms with Crippen molar-refractivity contribution in [2.75, 3.05) is 22.3 Å². The summed E-state index contributed by atoms with van der Waals surface area (Å²) in [6.45, 7) is 0. The Labute approximate surface area is 168 Å². The molecule has 0 saturated heterocycles. The number of carbonyl (C=O) groups is 1. The Morgan fingerprint density at radius 2 is 2.07 bits per heavy atom. The molecule has 2 aromatic carbocycles. The molecule has 0 atom stereocenters. The van der Waals surface area contributed by atoms with Crippen molar-refractivity contribution in [2.45, 2.75) is 5.16 Å². The van der Waals surface area contributed by atoms with E-state index in [0.717, 1.165) is 17.3 Å². The molecule has 144 valence electrons.